The summed E-state index contributed by atoms with van der Waals surface area (Å²) in [5, 5.41) is 0. The van der Waals surface area contributed by atoms with Crippen LogP contribution >= 0.6 is 0 Å². The Labute approximate surface area is 128 Å². The summed E-state index contributed by atoms with van der Waals surface area (Å²) in [4.78, 5) is 4.43. The number of piperazine rings is 1. The Morgan fingerprint density at radius 1 is 1.14 bits per heavy atom. The van der Waals surface area contributed by atoms with Crippen molar-refractivity contribution >= 4 is 0 Å². The second-order valence-corrected chi connectivity index (χ2v) is 6.45. The minimum absolute atomic E-state index is 0.0345. The lowest BCUT2D eigenvalue weighted by molar-refractivity contribution is -0.137. The molecule has 1 fully saturated rings. The normalized spacial score (nSPS) is 20.3. The Balaban J connectivity index is 2.13. The molecule has 0 atom stereocenters. The molecule has 1 heterocycles. The van der Waals surface area contributed by atoms with Gasteiger partial charge in [0.1, 0.15) is 5.82 Å². The van der Waals surface area contributed by atoms with Crippen molar-refractivity contribution in [1.29, 1.82) is 0 Å². The third-order valence-corrected chi connectivity index (χ3v) is 4.23. The van der Waals surface area contributed by atoms with E-state index in [1.165, 1.54) is 6.07 Å². The van der Waals surface area contributed by atoms with Gasteiger partial charge < -0.3 is 0 Å². The zero-order valence-electron chi connectivity index (χ0n) is 13.2. The quantitative estimate of drug-likeness (QED) is 0.783. The molecule has 0 unspecified atom stereocenters. The molecule has 6 heteroatoms. The SMILES string of the molecule is CCN1CCN(Cc2cc(F)cc(C(F)(F)F)c2)CC1(C)C. The number of hydrogen-bond donors (Lipinski definition) is 0. The first-order chi connectivity index (χ1) is 10.1. The van der Waals surface area contributed by atoms with Gasteiger partial charge in [0.2, 0.25) is 0 Å². The molecule has 2 rings (SSSR count). The molecule has 0 bridgehead atoms. The Morgan fingerprint density at radius 2 is 1.82 bits per heavy atom. The lowest BCUT2D eigenvalue weighted by Crippen LogP contribution is -2.58. The van der Waals surface area contributed by atoms with E-state index >= 15 is 0 Å². The Bertz CT molecular complexity index is 525. The minimum Gasteiger partial charge on any atom is -0.296 e. The third kappa shape index (κ3) is 3.98. The van der Waals surface area contributed by atoms with Gasteiger partial charge in [-0.15, -0.1) is 0 Å². The standard InChI is InChI=1S/C16H22F4N2/c1-4-22-6-5-21(11-15(22,2)3)10-12-7-13(16(18,19)20)9-14(17)8-12/h7-9H,4-6,10-11H2,1-3H3. The Hall–Kier alpha value is -1.14. The smallest absolute Gasteiger partial charge is 0.296 e. The predicted octanol–water partition coefficient (Wildman–Crippen LogP) is 3.76. The van der Waals surface area contributed by atoms with Crippen molar-refractivity contribution in [3.05, 3.63) is 35.1 Å². The zero-order valence-corrected chi connectivity index (χ0v) is 13.2. The maximum absolute atomic E-state index is 13.5. The number of nitrogens with zero attached hydrogens (tertiary/aromatic N) is 2. The second kappa shape index (κ2) is 6.16. The highest BCUT2D eigenvalue weighted by molar-refractivity contribution is 5.27. The molecule has 0 amide bonds. The van der Waals surface area contributed by atoms with Crippen molar-refractivity contribution < 1.29 is 17.6 Å². The van der Waals surface area contributed by atoms with E-state index in [0.717, 1.165) is 32.2 Å². The molecule has 0 saturated carbocycles. The number of likely N-dealkylation sites (N-methyl/N-ethyl adjacent to an activating group) is 1. The number of benzene rings is 1. The molecular weight excluding hydrogens is 296 g/mol. The van der Waals surface area contributed by atoms with E-state index in [2.05, 4.69) is 30.6 Å². The Morgan fingerprint density at radius 3 is 2.36 bits per heavy atom. The fraction of sp³-hybridized carbons (Fsp3) is 0.625. The topological polar surface area (TPSA) is 6.48 Å². The van der Waals surface area contributed by atoms with Crippen LogP contribution in [0.3, 0.4) is 0 Å². The van der Waals surface area contributed by atoms with E-state index in [0.29, 0.717) is 18.2 Å². The summed E-state index contributed by atoms with van der Waals surface area (Å²) in [6.45, 7) is 10.0. The van der Waals surface area contributed by atoms with Crippen molar-refractivity contribution in [3.63, 3.8) is 0 Å². The van der Waals surface area contributed by atoms with Crippen LogP contribution in [0.5, 0.6) is 0 Å². The van der Waals surface area contributed by atoms with Crippen LogP contribution in [-0.2, 0) is 12.7 Å². The monoisotopic (exact) mass is 318 g/mol. The van der Waals surface area contributed by atoms with E-state index in [4.69, 9.17) is 0 Å². The van der Waals surface area contributed by atoms with Crippen molar-refractivity contribution in [2.24, 2.45) is 0 Å². The van der Waals surface area contributed by atoms with Gasteiger partial charge in [0.05, 0.1) is 5.56 Å². The van der Waals surface area contributed by atoms with Gasteiger partial charge in [-0.25, -0.2) is 4.39 Å². The van der Waals surface area contributed by atoms with E-state index < -0.39 is 17.6 Å². The van der Waals surface area contributed by atoms with Gasteiger partial charge in [-0.05, 0) is 44.2 Å². The van der Waals surface area contributed by atoms with Crippen LogP contribution in [0.2, 0.25) is 0 Å². The van der Waals surface area contributed by atoms with E-state index in [-0.39, 0.29) is 5.54 Å². The van der Waals surface area contributed by atoms with Crippen LogP contribution in [0, 0.1) is 5.82 Å². The second-order valence-electron chi connectivity index (χ2n) is 6.45. The largest absolute Gasteiger partial charge is 0.416 e. The summed E-state index contributed by atoms with van der Waals surface area (Å²) in [6, 6.07) is 2.78. The highest BCUT2D eigenvalue weighted by Crippen LogP contribution is 2.31. The summed E-state index contributed by atoms with van der Waals surface area (Å²) in [5.74, 6) is -0.837. The first-order valence-corrected chi connectivity index (χ1v) is 7.46. The van der Waals surface area contributed by atoms with Crippen molar-refractivity contribution in [2.45, 2.75) is 39.0 Å². The number of alkyl halides is 3. The molecule has 0 N–H and O–H groups in total. The van der Waals surface area contributed by atoms with E-state index in [1.54, 1.807) is 0 Å². The molecule has 1 saturated heterocycles. The average Bonchev–Trinajstić information content (AvgIpc) is 2.36. The number of hydrogen-bond acceptors (Lipinski definition) is 2. The van der Waals surface area contributed by atoms with Crippen LogP contribution in [0.4, 0.5) is 17.6 Å². The van der Waals surface area contributed by atoms with Gasteiger partial charge in [-0.1, -0.05) is 6.92 Å². The molecule has 0 radical (unpaired) electrons. The lowest BCUT2D eigenvalue weighted by Gasteiger charge is -2.47. The number of rotatable bonds is 3. The molecule has 22 heavy (non-hydrogen) atoms. The maximum atomic E-state index is 13.5. The Kier molecular flexibility index (Phi) is 4.82. The van der Waals surface area contributed by atoms with Crippen LogP contribution in [0.1, 0.15) is 31.9 Å². The summed E-state index contributed by atoms with van der Waals surface area (Å²) in [7, 11) is 0. The molecule has 1 aromatic rings. The zero-order chi connectivity index (χ0) is 16.5. The van der Waals surface area contributed by atoms with Crippen LogP contribution in [0.25, 0.3) is 0 Å². The molecule has 0 spiro atoms. The third-order valence-electron chi connectivity index (χ3n) is 4.23. The predicted molar refractivity (Wildman–Crippen MR) is 78.0 cm³/mol. The van der Waals surface area contributed by atoms with Crippen LogP contribution < -0.4 is 0 Å². The fourth-order valence-corrected chi connectivity index (χ4v) is 3.18. The average molecular weight is 318 g/mol. The highest BCUT2D eigenvalue weighted by Gasteiger charge is 2.34. The minimum atomic E-state index is -4.52. The summed E-state index contributed by atoms with van der Waals surface area (Å²) in [5.41, 5.74) is -0.588. The van der Waals surface area contributed by atoms with Gasteiger partial charge in [-0.3, -0.25) is 9.80 Å². The first-order valence-electron chi connectivity index (χ1n) is 7.46. The van der Waals surface area contributed by atoms with Gasteiger partial charge in [0, 0.05) is 31.7 Å². The van der Waals surface area contributed by atoms with Crippen LogP contribution in [0.15, 0.2) is 18.2 Å². The van der Waals surface area contributed by atoms with Gasteiger partial charge >= 0.3 is 6.18 Å². The van der Waals surface area contributed by atoms with Gasteiger partial charge in [-0.2, -0.15) is 13.2 Å². The molecular formula is C16H22F4N2. The number of halogens is 4. The van der Waals surface area contributed by atoms with Gasteiger partial charge in [0.15, 0.2) is 0 Å². The molecule has 1 aromatic carbocycles. The van der Waals surface area contributed by atoms with E-state index in [9.17, 15) is 17.6 Å². The molecule has 124 valence electrons. The summed E-state index contributed by atoms with van der Waals surface area (Å²) < 4.78 is 51.7. The first kappa shape index (κ1) is 17.2. The van der Waals surface area contributed by atoms with Crippen molar-refractivity contribution in [2.75, 3.05) is 26.2 Å². The molecule has 2 nitrogen and oxygen atoms in total. The molecule has 0 aliphatic carbocycles. The van der Waals surface area contributed by atoms with Crippen molar-refractivity contribution in [1.82, 2.24) is 9.80 Å². The molecule has 0 aromatic heterocycles. The molecule has 1 aliphatic heterocycles. The fourth-order valence-electron chi connectivity index (χ4n) is 3.18. The van der Waals surface area contributed by atoms with Gasteiger partial charge in [0.25, 0.3) is 0 Å². The van der Waals surface area contributed by atoms with E-state index in [1.807, 2.05) is 0 Å². The summed E-state index contributed by atoms with van der Waals surface area (Å²) >= 11 is 0. The van der Waals surface area contributed by atoms with Crippen molar-refractivity contribution in [3.8, 4) is 0 Å². The highest BCUT2D eigenvalue weighted by atomic mass is 19.4. The van der Waals surface area contributed by atoms with Crippen LogP contribution in [-0.4, -0.2) is 41.5 Å². The summed E-state index contributed by atoms with van der Waals surface area (Å²) in [6.07, 6.45) is -4.52. The lowest BCUT2D eigenvalue weighted by atomic mass is 9.98. The maximum Gasteiger partial charge on any atom is 0.416 e. The molecule has 1 aliphatic rings.